The Labute approximate surface area is 106 Å². The summed E-state index contributed by atoms with van der Waals surface area (Å²) in [5, 5.41) is 21.7. The van der Waals surface area contributed by atoms with E-state index >= 15 is 0 Å². The van der Waals surface area contributed by atoms with Crippen LogP contribution in [0.4, 0.5) is 10.1 Å². The summed E-state index contributed by atoms with van der Waals surface area (Å²) in [7, 11) is 0. The number of benzene rings is 1. The largest absolute Gasteiger partial charge is 0.381 e. The fourth-order valence-electron chi connectivity index (χ4n) is 1.19. The quantitative estimate of drug-likeness (QED) is 0.481. The van der Waals surface area contributed by atoms with Crippen molar-refractivity contribution in [2.24, 2.45) is 5.73 Å². The monoisotopic (exact) mass is 271 g/mol. The number of aliphatic hydroxyl groups excluding tert-OH is 1. The Kier molecular flexibility index (Phi) is 4.48. The van der Waals surface area contributed by atoms with E-state index in [0.29, 0.717) is 0 Å². The van der Waals surface area contributed by atoms with Crippen LogP contribution in [0.15, 0.2) is 18.2 Å². The molecule has 0 heterocycles. The van der Waals surface area contributed by atoms with Gasteiger partial charge in [0, 0.05) is 11.6 Å². The van der Waals surface area contributed by atoms with Gasteiger partial charge in [0.05, 0.1) is 11.5 Å². The molecule has 1 atom stereocenters. The van der Waals surface area contributed by atoms with E-state index in [1.807, 2.05) is 0 Å². The molecule has 0 fully saturated rings. The first-order valence-corrected chi connectivity index (χ1v) is 5.02. The van der Waals surface area contributed by atoms with Crippen molar-refractivity contribution in [2.45, 2.75) is 6.10 Å². The molecule has 1 rings (SSSR count). The molecule has 0 aliphatic carbocycles. The first-order chi connectivity index (χ1) is 8.82. The van der Waals surface area contributed by atoms with Crippen LogP contribution in [-0.2, 0) is 4.79 Å². The molecule has 0 radical (unpaired) electrons. The normalized spacial score (nSPS) is 11.7. The Bertz CT molecular complexity index is 534. The van der Waals surface area contributed by atoms with Crippen molar-refractivity contribution in [3.05, 3.63) is 39.7 Å². The molecule has 4 N–H and O–H groups in total. The summed E-state index contributed by atoms with van der Waals surface area (Å²) in [4.78, 5) is 31.6. The molecule has 19 heavy (non-hydrogen) atoms. The molecule has 1 aromatic carbocycles. The molecule has 0 aliphatic heterocycles. The lowest BCUT2D eigenvalue weighted by atomic mass is 10.2. The summed E-state index contributed by atoms with van der Waals surface area (Å²) < 4.78 is 13.0. The van der Waals surface area contributed by atoms with Crippen LogP contribution in [0, 0.1) is 15.9 Å². The second-order valence-corrected chi connectivity index (χ2v) is 3.55. The highest BCUT2D eigenvalue weighted by Gasteiger charge is 2.18. The molecular formula is C10H10FN3O5. The third-order valence-corrected chi connectivity index (χ3v) is 2.19. The highest BCUT2D eigenvalue weighted by atomic mass is 19.1. The van der Waals surface area contributed by atoms with Crippen LogP contribution in [-0.4, -0.2) is 34.5 Å². The van der Waals surface area contributed by atoms with Crippen LogP contribution in [0.1, 0.15) is 10.4 Å². The second-order valence-electron chi connectivity index (χ2n) is 3.55. The van der Waals surface area contributed by atoms with Gasteiger partial charge in [-0.15, -0.1) is 0 Å². The number of nitro groups is 1. The number of primary amides is 1. The Morgan fingerprint density at radius 3 is 2.68 bits per heavy atom. The van der Waals surface area contributed by atoms with E-state index in [1.54, 1.807) is 0 Å². The number of nitrogens with two attached hydrogens (primary N) is 1. The number of rotatable bonds is 5. The number of carbonyl (C=O) groups is 2. The van der Waals surface area contributed by atoms with E-state index in [1.165, 1.54) is 0 Å². The molecule has 1 unspecified atom stereocenters. The molecular weight excluding hydrogens is 261 g/mol. The van der Waals surface area contributed by atoms with Gasteiger partial charge in [0.2, 0.25) is 11.7 Å². The topological polar surface area (TPSA) is 136 Å². The van der Waals surface area contributed by atoms with Crippen molar-refractivity contribution in [3.63, 3.8) is 0 Å². The fraction of sp³-hybridized carbons (Fsp3) is 0.200. The SMILES string of the molecule is NC(=O)C(O)CNC(=O)c1ccc(F)c([N+](=O)[O-])c1. The van der Waals surface area contributed by atoms with Crippen LogP contribution in [0.2, 0.25) is 0 Å². The van der Waals surface area contributed by atoms with Crippen molar-refractivity contribution in [3.8, 4) is 0 Å². The number of nitrogens with one attached hydrogen (secondary N) is 1. The van der Waals surface area contributed by atoms with Crippen molar-refractivity contribution in [1.82, 2.24) is 5.32 Å². The van der Waals surface area contributed by atoms with Crippen LogP contribution in [0.5, 0.6) is 0 Å². The lowest BCUT2D eigenvalue weighted by molar-refractivity contribution is -0.387. The number of halogens is 1. The summed E-state index contributed by atoms with van der Waals surface area (Å²) in [6.45, 7) is -0.445. The first-order valence-electron chi connectivity index (χ1n) is 5.02. The number of carbonyl (C=O) groups excluding carboxylic acids is 2. The molecule has 0 aromatic heterocycles. The zero-order valence-electron chi connectivity index (χ0n) is 9.50. The molecule has 0 aliphatic rings. The molecule has 0 bridgehead atoms. The summed E-state index contributed by atoms with van der Waals surface area (Å²) in [5.41, 5.74) is 3.74. The minimum atomic E-state index is -1.57. The third-order valence-electron chi connectivity index (χ3n) is 2.19. The number of aliphatic hydroxyl groups is 1. The molecule has 0 saturated carbocycles. The molecule has 0 saturated heterocycles. The average Bonchev–Trinajstić information content (AvgIpc) is 2.35. The van der Waals surface area contributed by atoms with Gasteiger partial charge in [-0.3, -0.25) is 19.7 Å². The second kappa shape index (κ2) is 5.87. The summed E-state index contributed by atoms with van der Waals surface area (Å²) in [6, 6.07) is 2.56. The fourth-order valence-corrected chi connectivity index (χ4v) is 1.19. The van der Waals surface area contributed by atoms with Gasteiger partial charge in [-0.05, 0) is 12.1 Å². The zero-order valence-corrected chi connectivity index (χ0v) is 9.50. The van der Waals surface area contributed by atoms with Gasteiger partial charge in [-0.1, -0.05) is 0 Å². The number of nitrogens with zero attached hydrogens (tertiary/aromatic N) is 1. The average molecular weight is 271 g/mol. The van der Waals surface area contributed by atoms with Crippen molar-refractivity contribution >= 4 is 17.5 Å². The highest BCUT2D eigenvalue weighted by Crippen LogP contribution is 2.18. The van der Waals surface area contributed by atoms with E-state index in [-0.39, 0.29) is 5.56 Å². The number of hydrogen-bond donors (Lipinski definition) is 3. The predicted molar refractivity (Wildman–Crippen MR) is 60.6 cm³/mol. The van der Waals surface area contributed by atoms with Gasteiger partial charge in [0.1, 0.15) is 6.10 Å². The number of amides is 2. The van der Waals surface area contributed by atoms with Crippen molar-refractivity contribution in [1.29, 1.82) is 0 Å². The summed E-state index contributed by atoms with van der Waals surface area (Å²) in [5.74, 6) is -2.90. The van der Waals surface area contributed by atoms with Gasteiger partial charge in [0.25, 0.3) is 5.91 Å². The van der Waals surface area contributed by atoms with Gasteiger partial charge >= 0.3 is 5.69 Å². The maximum atomic E-state index is 13.0. The minimum absolute atomic E-state index is 0.176. The smallest absolute Gasteiger partial charge is 0.305 e. The van der Waals surface area contributed by atoms with Gasteiger partial charge in [0.15, 0.2) is 0 Å². The van der Waals surface area contributed by atoms with Crippen LogP contribution >= 0.6 is 0 Å². The zero-order chi connectivity index (χ0) is 14.6. The molecule has 102 valence electrons. The standard InChI is InChI=1S/C10H10FN3O5/c11-6-2-1-5(3-7(6)14(18)19)10(17)13-4-8(15)9(12)16/h1-3,8,15H,4H2,(H2,12,16)(H,13,17). The van der Waals surface area contributed by atoms with E-state index in [0.717, 1.165) is 18.2 Å². The number of nitro benzene ring substituents is 1. The predicted octanol–water partition coefficient (Wildman–Crippen LogP) is -0.690. The van der Waals surface area contributed by atoms with Crippen molar-refractivity contribution in [2.75, 3.05) is 6.54 Å². The molecule has 0 spiro atoms. The van der Waals surface area contributed by atoms with E-state index in [4.69, 9.17) is 10.8 Å². The Morgan fingerprint density at radius 1 is 1.53 bits per heavy atom. The Balaban J connectivity index is 2.80. The van der Waals surface area contributed by atoms with Crippen molar-refractivity contribution < 1.29 is 24.0 Å². The lowest BCUT2D eigenvalue weighted by Gasteiger charge is -2.08. The highest BCUT2D eigenvalue weighted by molar-refractivity contribution is 5.95. The maximum Gasteiger partial charge on any atom is 0.305 e. The van der Waals surface area contributed by atoms with Crippen LogP contribution < -0.4 is 11.1 Å². The van der Waals surface area contributed by atoms with E-state index in [2.05, 4.69) is 5.32 Å². The molecule has 9 heteroatoms. The summed E-state index contributed by atoms with van der Waals surface area (Å²) >= 11 is 0. The Morgan fingerprint density at radius 2 is 2.16 bits per heavy atom. The minimum Gasteiger partial charge on any atom is -0.381 e. The van der Waals surface area contributed by atoms with E-state index < -0.39 is 40.9 Å². The third kappa shape index (κ3) is 3.71. The van der Waals surface area contributed by atoms with Gasteiger partial charge in [-0.25, -0.2) is 0 Å². The first kappa shape index (κ1) is 14.5. The maximum absolute atomic E-state index is 13.0. The van der Waals surface area contributed by atoms with Gasteiger partial charge < -0.3 is 16.2 Å². The Hall–Kier alpha value is -2.55. The lowest BCUT2D eigenvalue weighted by Crippen LogP contribution is -2.39. The van der Waals surface area contributed by atoms with E-state index in [9.17, 15) is 24.1 Å². The molecule has 1 aromatic rings. The molecule has 2 amide bonds. The van der Waals surface area contributed by atoms with Crippen LogP contribution in [0.3, 0.4) is 0 Å². The number of hydrogen-bond acceptors (Lipinski definition) is 5. The van der Waals surface area contributed by atoms with Gasteiger partial charge in [-0.2, -0.15) is 4.39 Å². The van der Waals surface area contributed by atoms with Crippen LogP contribution in [0.25, 0.3) is 0 Å². The summed E-state index contributed by atoms with van der Waals surface area (Å²) in [6.07, 6.45) is -1.57. The molecule has 8 nitrogen and oxygen atoms in total.